The number of aryl methyl sites for hydroxylation is 1. The molecule has 116 valence electrons. The maximum absolute atomic E-state index is 12.7. The van der Waals surface area contributed by atoms with Gasteiger partial charge in [-0.15, -0.1) is 0 Å². The number of H-pyrrole nitrogens is 2. The molecule has 0 bridgehead atoms. The topological polar surface area (TPSA) is 120 Å². The normalized spacial score (nSPS) is 11.0. The summed E-state index contributed by atoms with van der Waals surface area (Å²) in [7, 11) is 0. The van der Waals surface area contributed by atoms with Gasteiger partial charge >= 0.3 is 0 Å². The Balaban J connectivity index is 2.06. The number of hydrogen-bond donors (Lipinski definition) is 2. The number of fused-ring (bicyclic) bond motifs is 2. The molecule has 0 aliphatic heterocycles. The van der Waals surface area contributed by atoms with Crippen LogP contribution in [-0.2, 0) is 0 Å². The van der Waals surface area contributed by atoms with Gasteiger partial charge in [0.05, 0.1) is 22.3 Å². The largest absolute Gasteiger partial charge is 0.319 e. The summed E-state index contributed by atoms with van der Waals surface area (Å²) in [6.07, 6.45) is 1.28. The van der Waals surface area contributed by atoms with Crippen molar-refractivity contribution in [2.24, 2.45) is 0 Å². The van der Waals surface area contributed by atoms with Crippen molar-refractivity contribution < 1.29 is 0 Å². The van der Waals surface area contributed by atoms with E-state index in [0.29, 0.717) is 22.3 Å². The lowest BCUT2D eigenvalue weighted by Crippen LogP contribution is -2.22. The highest BCUT2D eigenvalue weighted by molar-refractivity contribution is 5.76. The Hall–Kier alpha value is -3.73. The molecule has 3 aromatic heterocycles. The minimum Gasteiger partial charge on any atom is -0.319 e. The van der Waals surface area contributed by atoms with Crippen molar-refractivity contribution in [1.82, 2.24) is 24.6 Å². The van der Waals surface area contributed by atoms with Crippen LogP contribution < -0.4 is 11.1 Å². The van der Waals surface area contributed by atoms with Gasteiger partial charge in [0.2, 0.25) is 0 Å². The van der Waals surface area contributed by atoms with Crippen molar-refractivity contribution in [2.75, 3.05) is 0 Å². The molecule has 4 aromatic rings. The second-order valence-corrected chi connectivity index (χ2v) is 5.29. The van der Waals surface area contributed by atoms with Crippen molar-refractivity contribution in [3.63, 3.8) is 0 Å². The Morgan fingerprint density at radius 2 is 2.04 bits per heavy atom. The summed E-state index contributed by atoms with van der Waals surface area (Å²) in [6.45, 7) is 1.67. The molecule has 8 heteroatoms. The molecule has 0 fully saturated rings. The maximum atomic E-state index is 12.7. The van der Waals surface area contributed by atoms with Crippen molar-refractivity contribution in [2.45, 2.75) is 6.92 Å². The smallest absolute Gasteiger partial charge is 0.282 e. The van der Waals surface area contributed by atoms with Crippen LogP contribution in [-0.4, -0.2) is 24.6 Å². The van der Waals surface area contributed by atoms with Crippen LogP contribution in [0.2, 0.25) is 0 Å². The predicted octanol–water partition coefficient (Wildman–Crippen LogP) is 1.11. The molecule has 0 radical (unpaired) electrons. The first-order valence-electron chi connectivity index (χ1n) is 7.10. The Morgan fingerprint density at radius 1 is 1.25 bits per heavy atom. The molecule has 0 aliphatic rings. The van der Waals surface area contributed by atoms with Gasteiger partial charge in [0.1, 0.15) is 17.3 Å². The Bertz CT molecular complexity index is 1270. The zero-order valence-electron chi connectivity index (χ0n) is 12.5. The number of nitriles is 1. The zero-order chi connectivity index (χ0) is 16.8. The zero-order valence-corrected chi connectivity index (χ0v) is 12.5. The minimum absolute atomic E-state index is 0.00800. The lowest BCUT2D eigenvalue weighted by atomic mass is 10.2. The van der Waals surface area contributed by atoms with Crippen LogP contribution in [0.1, 0.15) is 11.3 Å². The van der Waals surface area contributed by atoms with Gasteiger partial charge in [-0.2, -0.15) is 9.78 Å². The fraction of sp³-hybridized carbons (Fsp3) is 0.0625. The number of hydrogen-bond acceptors (Lipinski definition) is 5. The molecule has 8 nitrogen and oxygen atoms in total. The van der Waals surface area contributed by atoms with Gasteiger partial charge in [-0.1, -0.05) is 12.1 Å². The number of nitrogens with zero attached hydrogens (tertiary/aromatic N) is 4. The third-order valence-corrected chi connectivity index (χ3v) is 3.81. The van der Waals surface area contributed by atoms with E-state index in [-0.39, 0.29) is 16.9 Å². The third kappa shape index (κ3) is 1.85. The molecule has 0 saturated carbocycles. The Kier molecular flexibility index (Phi) is 2.83. The first-order valence-corrected chi connectivity index (χ1v) is 7.10. The van der Waals surface area contributed by atoms with E-state index in [9.17, 15) is 9.59 Å². The lowest BCUT2D eigenvalue weighted by molar-refractivity contribution is 0.881. The minimum atomic E-state index is -0.488. The van der Waals surface area contributed by atoms with Crippen molar-refractivity contribution >= 4 is 16.7 Å². The fourth-order valence-electron chi connectivity index (χ4n) is 2.64. The number of rotatable bonds is 1. The predicted molar refractivity (Wildman–Crippen MR) is 86.6 cm³/mol. The highest BCUT2D eigenvalue weighted by Crippen LogP contribution is 2.15. The van der Waals surface area contributed by atoms with Crippen LogP contribution in [0, 0.1) is 18.3 Å². The average molecular weight is 318 g/mol. The van der Waals surface area contributed by atoms with Gasteiger partial charge in [0.15, 0.2) is 5.65 Å². The van der Waals surface area contributed by atoms with Crippen LogP contribution >= 0.6 is 0 Å². The van der Waals surface area contributed by atoms with Crippen LogP contribution in [0.3, 0.4) is 0 Å². The van der Waals surface area contributed by atoms with E-state index in [4.69, 9.17) is 5.26 Å². The number of nitrogens with one attached hydrogen (secondary N) is 2. The average Bonchev–Trinajstić information content (AvgIpc) is 2.91. The molecule has 0 unspecified atom stereocenters. The molecule has 0 amide bonds. The van der Waals surface area contributed by atoms with E-state index in [1.165, 1.54) is 6.20 Å². The second kappa shape index (κ2) is 4.89. The number of benzene rings is 1. The molecule has 0 spiro atoms. The summed E-state index contributed by atoms with van der Waals surface area (Å²) < 4.78 is 1.15. The standard InChI is InChI=1S/C16H10N6O2/c1-8-9(6-17)14-18-7-10(16(24)22(14)21-8)13-15(23)20-12-5-3-2-4-11(12)19-13/h2-5,7,21H,1H3,(H,20,23). The van der Waals surface area contributed by atoms with Crippen LogP contribution in [0.5, 0.6) is 0 Å². The van der Waals surface area contributed by atoms with Crippen LogP contribution in [0.4, 0.5) is 0 Å². The van der Waals surface area contributed by atoms with Gasteiger partial charge in [-0.3, -0.25) is 14.7 Å². The summed E-state index contributed by atoms with van der Waals surface area (Å²) in [6, 6.07) is 9.05. The third-order valence-electron chi connectivity index (χ3n) is 3.81. The maximum Gasteiger partial charge on any atom is 0.282 e. The Labute approximate surface area is 134 Å². The quantitative estimate of drug-likeness (QED) is 0.544. The van der Waals surface area contributed by atoms with E-state index in [1.54, 1.807) is 31.2 Å². The molecule has 0 atom stereocenters. The number of aromatic nitrogens is 5. The van der Waals surface area contributed by atoms with E-state index in [1.807, 2.05) is 6.07 Å². The molecule has 0 aliphatic carbocycles. The molecule has 2 N–H and O–H groups in total. The summed E-state index contributed by atoms with van der Waals surface area (Å²) >= 11 is 0. The molecular weight excluding hydrogens is 308 g/mol. The SMILES string of the molecule is Cc1[nH]n2c(=O)c(-c3nc4ccccc4[nH]c3=O)cnc2c1C#N. The molecule has 24 heavy (non-hydrogen) atoms. The van der Waals surface area contributed by atoms with E-state index in [2.05, 4.69) is 20.1 Å². The number of aromatic amines is 2. The van der Waals surface area contributed by atoms with E-state index >= 15 is 0 Å². The van der Waals surface area contributed by atoms with Crippen LogP contribution in [0.15, 0.2) is 40.1 Å². The molecular formula is C16H10N6O2. The van der Waals surface area contributed by atoms with Crippen LogP contribution in [0.25, 0.3) is 27.9 Å². The van der Waals surface area contributed by atoms with Gasteiger partial charge in [0, 0.05) is 6.20 Å². The van der Waals surface area contributed by atoms with Crippen molar-refractivity contribution in [3.05, 3.63) is 62.4 Å². The van der Waals surface area contributed by atoms with E-state index < -0.39 is 11.1 Å². The molecule has 4 rings (SSSR count). The monoisotopic (exact) mass is 318 g/mol. The van der Waals surface area contributed by atoms with Gasteiger partial charge in [-0.25, -0.2) is 9.97 Å². The summed E-state index contributed by atoms with van der Waals surface area (Å²) in [4.78, 5) is 36.1. The molecule has 1 aromatic carbocycles. The van der Waals surface area contributed by atoms with Gasteiger partial charge in [0.25, 0.3) is 11.1 Å². The highest BCUT2D eigenvalue weighted by atomic mass is 16.1. The van der Waals surface area contributed by atoms with Gasteiger partial charge < -0.3 is 4.98 Å². The number of para-hydroxylation sites is 2. The fourth-order valence-corrected chi connectivity index (χ4v) is 2.64. The highest BCUT2D eigenvalue weighted by Gasteiger charge is 2.17. The second-order valence-electron chi connectivity index (χ2n) is 5.29. The molecule has 0 saturated heterocycles. The first-order chi connectivity index (χ1) is 11.6. The van der Waals surface area contributed by atoms with Crippen molar-refractivity contribution in [1.29, 1.82) is 5.26 Å². The molecule has 3 heterocycles. The first kappa shape index (κ1) is 13.9. The van der Waals surface area contributed by atoms with E-state index in [0.717, 1.165) is 4.52 Å². The van der Waals surface area contributed by atoms with Gasteiger partial charge in [-0.05, 0) is 19.1 Å². The Morgan fingerprint density at radius 3 is 2.83 bits per heavy atom. The summed E-state index contributed by atoms with van der Waals surface area (Å²) in [5.74, 6) is 0. The lowest BCUT2D eigenvalue weighted by Gasteiger charge is -2.02. The summed E-state index contributed by atoms with van der Waals surface area (Å²) in [5.41, 5.74) is 1.28. The summed E-state index contributed by atoms with van der Waals surface area (Å²) in [5, 5.41) is 11.9. The van der Waals surface area contributed by atoms with Crippen molar-refractivity contribution in [3.8, 4) is 17.3 Å².